The van der Waals surface area contributed by atoms with E-state index in [1.54, 1.807) is 12.1 Å². The number of nitro benzene ring substituents is 1. The molecule has 0 aliphatic rings. The third-order valence-electron chi connectivity index (χ3n) is 3.91. The second-order valence-electron chi connectivity index (χ2n) is 4.74. The van der Waals surface area contributed by atoms with Crippen LogP contribution >= 0.6 is 11.6 Å². The number of hydrogen-bond acceptors (Lipinski definition) is 3. The molecule has 1 aromatic carbocycles. The average Bonchev–Trinajstić information content (AvgIpc) is 2.42. The van der Waals surface area contributed by atoms with Crippen LogP contribution in [0.4, 0.5) is 5.69 Å². The van der Waals surface area contributed by atoms with Crippen LogP contribution in [0.25, 0.3) is 0 Å². The smallest absolute Gasteiger partial charge is 0.288 e. The maximum absolute atomic E-state index is 10.8. The Hall–Kier alpha value is -1.13. The van der Waals surface area contributed by atoms with Gasteiger partial charge >= 0.3 is 0 Å². The molecule has 1 N–H and O–H groups in total. The molecule has 1 aromatic rings. The molecule has 0 atom stereocenters. The highest BCUT2D eigenvalue weighted by Crippen LogP contribution is 2.26. The molecule has 19 heavy (non-hydrogen) atoms. The molecule has 0 unspecified atom stereocenters. The molecule has 4 nitrogen and oxygen atoms in total. The molecule has 5 heteroatoms. The van der Waals surface area contributed by atoms with Gasteiger partial charge in [0.25, 0.3) is 5.69 Å². The maximum Gasteiger partial charge on any atom is 0.288 e. The van der Waals surface area contributed by atoms with Crippen LogP contribution in [0.3, 0.4) is 0 Å². The molecule has 106 valence electrons. The number of nitrogens with one attached hydrogen (secondary N) is 1. The van der Waals surface area contributed by atoms with Crippen molar-refractivity contribution in [2.45, 2.75) is 52.1 Å². The second-order valence-corrected chi connectivity index (χ2v) is 5.14. The minimum atomic E-state index is -0.446. The zero-order valence-electron chi connectivity index (χ0n) is 11.7. The van der Waals surface area contributed by atoms with Gasteiger partial charge in [-0.25, -0.2) is 0 Å². The fourth-order valence-electron chi connectivity index (χ4n) is 2.22. The number of benzene rings is 1. The number of halogens is 1. The van der Waals surface area contributed by atoms with E-state index in [9.17, 15) is 10.1 Å². The molecular weight excluding hydrogens is 264 g/mol. The van der Waals surface area contributed by atoms with Crippen molar-refractivity contribution in [1.82, 2.24) is 5.32 Å². The minimum Gasteiger partial charge on any atom is -0.307 e. The Kier molecular flexibility index (Phi) is 5.76. The normalized spacial score (nSPS) is 11.6. The fraction of sp³-hybridized carbons (Fsp3) is 0.571. The van der Waals surface area contributed by atoms with E-state index < -0.39 is 4.92 Å². The van der Waals surface area contributed by atoms with Gasteiger partial charge in [0.05, 0.1) is 4.92 Å². The minimum absolute atomic E-state index is 0.0314. The van der Waals surface area contributed by atoms with Gasteiger partial charge in [0, 0.05) is 18.2 Å². The van der Waals surface area contributed by atoms with E-state index in [0.29, 0.717) is 6.54 Å². The molecule has 0 bridgehead atoms. The Morgan fingerprint density at radius 1 is 1.26 bits per heavy atom. The summed E-state index contributed by atoms with van der Waals surface area (Å²) in [6, 6.07) is 4.96. The SMILES string of the molecule is CCC(CC)(CC)NCc1ccc(Cl)c([N+](=O)[O-])c1. The highest BCUT2D eigenvalue weighted by atomic mass is 35.5. The summed E-state index contributed by atoms with van der Waals surface area (Å²) in [5.41, 5.74) is 0.959. The lowest BCUT2D eigenvalue weighted by molar-refractivity contribution is -0.384. The summed E-state index contributed by atoms with van der Waals surface area (Å²) in [5.74, 6) is 0. The van der Waals surface area contributed by atoms with Crippen molar-refractivity contribution in [3.8, 4) is 0 Å². The molecule has 0 saturated heterocycles. The van der Waals surface area contributed by atoms with Gasteiger partial charge in [-0.05, 0) is 30.9 Å². The quantitative estimate of drug-likeness (QED) is 0.600. The lowest BCUT2D eigenvalue weighted by Gasteiger charge is -2.32. The summed E-state index contributed by atoms with van der Waals surface area (Å²) < 4.78 is 0. The highest BCUT2D eigenvalue weighted by molar-refractivity contribution is 6.32. The third kappa shape index (κ3) is 3.91. The van der Waals surface area contributed by atoms with Crippen LogP contribution in [0.15, 0.2) is 18.2 Å². The molecule has 0 amide bonds. The first kappa shape index (κ1) is 15.9. The van der Waals surface area contributed by atoms with Crippen LogP contribution in [0, 0.1) is 10.1 Å². The van der Waals surface area contributed by atoms with Crippen LogP contribution in [-0.2, 0) is 6.54 Å². The Labute approximate surface area is 119 Å². The van der Waals surface area contributed by atoms with Gasteiger partial charge in [0.2, 0.25) is 0 Å². The molecule has 0 aromatic heterocycles. The summed E-state index contributed by atoms with van der Waals surface area (Å²) in [6.45, 7) is 7.09. The van der Waals surface area contributed by atoms with Crippen molar-refractivity contribution in [2.24, 2.45) is 0 Å². The summed E-state index contributed by atoms with van der Waals surface area (Å²) in [5, 5.41) is 14.5. The van der Waals surface area contributed by atoms with Crippen molar-refractivity contribution in [1.29, 1.82) is 0 Å². The van der Waals surface area contributed by atoms with Crippen molar-refractivity contribution >= 4 is 17.3 Å². The molecule has 0 aliphatic heterocycles. The predicted molar refractivity (Wildman–Crippen MR) is 78.6 cm³/mol. The van der Waals surface area contributed by atoms with Gasteiger partial charge in [0.15, 0.2) is 0 Å². The average molecular weight is 285 g/mol. The molecule has 0 fully saturated rings. The first-order chi connectivity index (χ1) is 8.98. The second kappa shape index (κ2) is 6.87. The third-order valence-corrected chi connectivity index (χ3v) is 4.22. The molecule has 0 spiro atoms. The van der Waals surface area contributed by atoms with Gasteiger partial charge in [-0.3, -0.25) is 10.1 Å². The van der Waals surface area contributed by atoms with Gasteiger partial charge in [-0.2, -0.15) is 0 Å². The zero-order valence-corrected chi connectivity index (χ0v) is 12.5. The van der Waals surface area contributed by atoms with Gasteiger partial charge in [-0.1, -0.05) is 38.4 Å². The van der Waals surface area contributed by atoms with Crippen LogP contribution < -0.4 is 5.32 Å². The maximum atomic E-state index is 10.8. The van der Waals surface area contributed by atoms with E-state index >= 15 is 0 Å². The molecular formula is C14H21ClN2O2. The standard InChI is InChI=1S/C14H21ClN2O2/c1-4-14(5-2,6-3)16-10-11-7-8-12(15)13(9-11)17(18)19/h7-9,16H,4-6,10H2,1-3H3. The summed E-state index contributed by atoms with van der Waals surface area (Å²) >= 11 is 5.80. The molecule has 0 heterocycles. The largest absolute Gasteiger partial charge is 0.307 e. The van der Waals surface area contributed by atoms with Crippen LogP contribution in [0.5, 0.6) is 0 Å². The number of hydrogen-bond donors (Lipinski definition) is 1. The lowest BCUT2D eigenvalue weighted by atomic mass is 9.89. The Bertz CT molecular complexity index is 437. The number of rotatable bonds is 7. The van der Waals surface area contributed by atoms with E-state index in [4.69, 9.17) is 11.6 Å². The van der Waals surface area contributed by atoms with Crippen LogP contribution in [0.1, 0.15) is 45.6 Å². The van der Waals surface area contributed by atoms with E-state index in [1.807, 2.05) is 6.07 Å². The number of nitrogens with zero attached hydrogens (tertiary/aromatic N) is 1. The lowest BCUT2D eigenvalue weighted by Crippen LogP contribution is -2.43. The Morgan fingerprint density at radius 3 is 2.32 bits per heavy atom. The van der Waals surface area contributed by atoms with Gasteiger partial charge in [-0.15, -0.1) is 0 Å². The van der Waals surface area contributed by atoms with Gasteiger partial charge in [0.1, 0.15) is 5.02 Å². The van der Waals surface area contributed by atoms with E-state index in [0.717, 1.165) is 24.8 Å². The van der Waals surface area contributed by atoms with Crippen molar-refractivity contribution in [2.75, 3.05) is 0 Å². The van der Waals surface area contributed by atoms with Crippen LogP contribution in [-0.4, -0.2) is 10.5 Å². The highest BCUT2D eigenvalue weighted by Gasteiger charge is 2.23. The molecule has 0 saturated carbocycles. The topological polar surface area (TPSA) is 55.2 Å². The van der Waals surface area contributed by atoms with Gasteiger partial charge < -0.3 is 5.32 Å². The molecule has 1 rings (SSSR count). The fourth-order valence-corrected chi connectivity index (χ4v) is 2.41. The number of nitro groups is 1. The Balaban J connectivity index is 2.83. The van der Waals surface area contributed by atoms with E-state index in [-0.39, 0.29) is 16.2 Å². The molecule has 0 radical (unpaired) electrons. The molecule has 0 aliphatic carbocycles. The first-order valence-corrected chi connectivity index (χ1v) is 7.03. The summed E-state index contributed by atoms with van der Waals surface area (Å²) in [4.78, 5) is 10.4. The monoisotopic (exact) mass is 284 g/mol. The van der Waals surface area contributed by atoms with E-state index in [1.165, 1.54) is 0 Å². The van der Waals surface area contributed by atoms with E-state index in [2.05, 4.69) is 26.1 Å². The van der Waals surface area contributed by atoms with Crippen molar-refractivity contribution in [3.63, 3.8) is 0 Å². The van der Waals surface area contributed by atoms with Crippen LogP contribution in [0.2, 0.25) is 5.02 Å². The predicted octanol–water partition coefficient (Wildman–Crippen LogP) is 4.31. The summed E-state index contributed by atoms with van der Waals surface area (Å²) in [7, 11) is 0. The zero-order chi connectivity index (χ0) is 14.5. The Morgan fingerprint density at radius 2 is 1.84 bits per heavy atom. The summed E-state index contributed by atoms with van der Waals surface area (Å²) in [6.07, 6.45) is 3.11. The van der Waals surface area contributed by atoms with Crippen molar-refractivity contribution < 1.29 is 4.92 Å². The van der Waals surface area contributed by atoms with Crippen molar-refractivity contribution in [3.05, 3.63) is 38.9 Å². The first-order valence-electron chi connectivity index (χ1n) is 6.65.